The van der Waals surface area contributed by atoms with Gasteiger partial charge in [-0.15, -0.1) is 0 Å². The molecule has 2 saturated heterocycles. The molecule has 0 amide bonds. The first-order valence-corrected chi connectivity index (χ1v) is 15.6. The molecule has 3 aromatic rings. The third-order valence-corrected chi connectivity index (χ3v) is 14.3. The standard InChI is InChI=1S/C34H33N3O4/c1-36-8-7-32-18-10-16-17-11-22-33-13-23-34(22,37(23)2)12-15-4-6-21(39)29(25(15)33)41-31(33)27(17)35-26(16)30(32)40-28-20(38)5-3-14(24(28)32)9-19(18)36/h3-6,18-19,22-23,30-31,35,38-39H,7-13H2,1-2H3/t18?,19-,22?,23?,30+,31+,32+,33+,34?,37?/m1/s1. The molecule has 3 fully saturated rings. The summed E-state index contributed by atoms with van der Waals surface area (Å²) in [4.78, 5) is 9.25. The van der Waals surface area contributed by atoms with Gasteiger partial charge in [0.1, 0.15) is 12.2 Å². The summed E-state index contributed by atoms with van der Waals surface area (Å²) >= 11 is 0. The van der Waals surface area contributed by atoms with Crippen molar-refractivity contribution in [1.29, 1.82) is 0 Å². The van der Waals surface area contributed by atoms with Gasteiger partial charge in [-0.3, -0.25) is 4.90 Å². The van der Waals surface area contributed by atoms with Gasteiger partial charge in [-0.25, -0.2) is 0 Å². The summed E-state index contributed by atoms with van der Waals surface area (Å²) < 4.78 is 13.8. The van der Waals surface area contributed by atoms with Crippen LogP contribution in [0.5, 0.6) is 23.0 Å². The zero-order valence-corrected chi connectivity index (χ0v) is 23.3. The summed E-state index contributed by atoms with van der Waals surface area (Å²) in [5.41, 5.74) is 10.7. The minimum atomic E-state index is -0.112. The number of nitrogens with zero attached hydrogens (tertiary/aromatic N) is 2. The summed E-state index contributed by atoms with van der Waals surface area (Å²) in [5.74, 6) is 2.98. The number of likely N-dealkylation sites (tertiary alicyclic amines) is 2. The maximum atomic E-state index is 11.0. The maximum absolute atomic E-state index is 11.0. The molecule has 3 spiro atoms. The van der Waals surface area contributed by atoms with E-state index in [-0.39, 0.29) is 40.1 Å². The average Bonchev–Trinajstić information content (AvgIpc) is 3.41. The Morgan fingerprint density at radius 3 is 2.32 bits per heavy atom. The number of nitrogens with one attached hydrogen (secondary N) is 1. The van der Waals surface area contributed by atoms with Gasteiger partial charge in [-0.2, -0.15) is 0 Å². The van der Waals surface area contributed by atoms with E-state index in [0.29, 0.717) is 23.9 Å². The van der Waals surface area contributed by atoms with Crippen LogP contribution in [0, 0.1) is 11.8 Å². The monoisotopic (exact) mass is 547 g/mol. The van der Waals surface area contributed by atoms with E-state index in [1.807, 2.05) is 12.1 Å². The van der Waals surface area contributed by atoms with Crippen LogP contribution < -0.4 is 9.47 Å². The van der Waals surface area contributed by atoms with E-state index in [1.54, 1.807) is 0 Å². The normalized spacial score (nSPS) is 45.2. The molecular weight excluding hydrogens is 514 g/mol. The van der Waals surface area contributed by atoms with Crippen LogP contribution in [0.1, 0.15) is 69.8 Å². The fraction of sp³-hybridized carbons (Fsp3) is 0.529. The van der Waals surface area contributed by atoms with Gasteiger partial charge in [-0.1, -0.05) is 12.1 Å². The molecule has 7 heteroatoms. The summed E-state index contributed by atoms with van der Waals surface area (Å²) in [7, 11) is 4.63. The number of H-pyrrole nitrogens is 1. The zero-order valence-electron chi connectivity index (χ0n) is 23.3. The summed E-state index contributed by atoms with van der Waals surface area (Å²) in [6.45, 7) is 1.05. The van der Waals surface area contributed by atoms with E-state index < -0.39 is 0 Å². The van der Waals surface area contributed by atoms with Crippen LogP contribution in [0.2, 0.25) is 0 Å². The van der Waals surface area contributed by atoms with Crippen LogP contribution in [0.3, 0.4) is 0 Å². The second-order valence-corrected chi connectivity index (χ2v) is 15.0. The number of fused-ring (bicyclic) bond motifs is 5. The Labute approximate surface area is 238 Å². The molecule has 4 aliphatic heterocycles. The highest BCUT2D eigenvalue weighted by Crippen LogP contribution is 2.78. The molecule has 1 aromatic heterocycles. The maximum Gasteiger partial charge on any atom is 0.166 e. The highest BCUT2D eigenvalue weighted by Gasteiger charge is 2.82. The van der Waals surface area contributed by atoms with E-state index in [9.17, 15) is 10.2 Å². The van der Waals surface area contributed by atoms with E-state index in [4.69, 9.17) is 9.47 Å². The van der Waals surface area contributed by atoms with E-state index >= 15 is 0 Å². The minimum absolute atomic E-state index is 0.0780. The number of likely N-dealkylation sites (N-methyl/N-ethyl adjacent to an activating group) is 2. The van der Waals surface area contributed by atoms with Gasteiger partial charge in [0.25, 0.3) is 0 Å². The van der Waals surface area contributed by atoms with Crippen molar-refractivity contribution in [3.05, 3.63) is 69.0 Å². The summed E-state index contributed by atoms with van der Waals surface area (Å²) in [6.07, 6.45) is 6.13. The number of aromatic nitrogens is 1. The fourth-order valence-electron chi connectivity index (χ4n) is 12.8. The van der Waals surface area contributed by atoms with Gasteiger partial charge < -0.3 is 29.6 Å². The molecule has 4 bridgehead atoms. The highest BCUT2D eigenvalue weighted by atomic mass is 16.5. The number of phenolic OH excluding ortho intramolecular Hbond substituents is 2. The second-order valence-electron chi connectivity index (χ2n) is 15.0. The smallest absolute Gasteiger partial charge is 0.166 e. The van der Waals surface area contributed by atoms with E-state index in [0.717, 1.165) is 56.6 Å². The van der Waals surface area contributed by atoms with Gasteiger partial charge in [0.05, 0.1) is 11.4 Å². The van der Waals surface area contributed by atoms with E-state index in [2.05, 4.69) is 41.0 Å². The number of hydrogen-bond acceptors (Lipinski definition) is 6. The Kier molecular flexibility index (Phi) is 3.15. The van der Waals surface area contributed by atoms with Gasteiger partial charge >= 0.3 is 0 Å². The molecule has 2 aromatic carbocycles. The van der Waals surface area contributed by atoms with Crippen molar-refractivity contribution in [1.82, 2.24) is 14.8 Å². The molecule has 0 radical (unpaired) electrons. The van der Waals surface area contributed by atoms with Crippen molar-refractivity contribution >= 4 is 0 Å². The first-order chi connectivity index (χ1) is 19.9. The summed E-state index contributed by atoms with van der Waals surface area (Å²) in [5, 5.41) is 22.1. The number of hydrogen-bond donors (Lipinski definition) is 3. The van der Waals surface area contributed by atoms with Gasteiger partial charge in [-0.05, 0) is 105 Å². The minimum Gasteiger partial charge on any atom is -0.504 e. The largest absolute Gasteiger partial charge is 0.504 e. The third-order valence-electron chi connectivity index (χ3n) is 14.3. The van der Waals surface area contributed by atoms with Gasteiger partial charge in [0.2, 0.25) is 0 Å². The number of rotatable bonds is 0. The molecular formula is C34H33N3O4. The zero-order chi connectivity index (χ0) is 26.9. The lowest BCUT2D eigenvalue weighted by Gasteiger charge is -2.57. The Morgan fingerprint density at radius 1 is 0.854 bits per heavy atom. The Hall–Kier alpha value is -3.16. The van der Waals surface area contributed by atoms with Crippen molar-refractivity contribution < 1.29 is 19.7 Å². The number of piperidine rings is 2. The lowest BCUT2D eigenvalue weighted by Crippen LogP contribution is -2.62. The lowest BCUT2D eigenvalue weighted by atomic mass is 9.51. The van der Waals surface area contributed by atoms with Gasteiger partial charge in [0, 0.05) is 39.6 Å². The molecule has 1 saturated carbocycles. The van der Waals surface area contributed by atoms with Crippen molar-refractivity contribution in [3.63, 3.8) is 0 Å². The summed E-state index contributed by atoms with van der Waals surface area (Å²) in [6, 6.07) is 9.07. The third kappa shape index (κ3) is 1.87. The van der Waals surface area contributed by atoms with Crippen LogP contribution in [-0.2, 0) is 36.5 Å². The number of aromatic hydroxyl groups is 2. The van der Waals surface area contributed by atoms with Crippen LogP contribution in [0.15, 0.2) is 24.3 Å². The highest BCUT2D eigenvalue weighted by molar-refractivity contribution is 5.68. The fourth-order valence-corrected chi connectivity index (χ4v) is 12.8. The number of phenols is 2. The number of benzene rings is 2. The topological polar surface area (TPSA) is 81.0 Å². The molecule has 10 atom stereocenters. The molecule has 12 rings (SSSR count). The molecule has 5 unspecified atom stereocenters. The first kappa shape index (κ1) is 21.5. The lowest BCUT2D eigenvalue weighted by molar-refractivity contribution is -0.0257. The molecule has 41 heavy (non-hydrogen) atoms. The average molecular weight is 548 g/mol. The number of aromatic amines is 1. The molecule has 5 heterocycles. The van der Waals surface area contributed by atoms with Crippen molar-refractivity contribution in [3.8, 4) is 23.0 Å². The molecule has 3 N–H and O–H groups in total. The van der Waals surface area contributed by atoms with Crippen LogP contribution in [-0.4, -0.2) is 63.3 Å². The Morgan fingerprint density at radius 2 is 1.54 bits per heavy atom. The Bertz CT molecular complexity index is 1800. The number of ether oxygens (including phenoxy) is 2. The van der Waals surface area contributed by atoms with Crippen LogP contribution in [0.4, 0.5) is 0 Å². The molecule has 208 valence electrons. The predicted octanol–water partition coefficient (Wildman–Crippen LogP) is 3.79. The molecule has 5 aliphatic carbocycles. The van der Waals surface area contributed by atoms with Crippen molar-refractivity contribution in [2.45, 2.75) is 79.2 Å². The SMILES string of the molecule is CN1CC[C@]23c4c5ccc(O)c4O[C@H]2c2[nH]c4c(c2CC3[C@H]1C5)CC1C23Cc5ccc(O)c6c5[C@@]1(CC2N3C)[C@H]4O6. The van der Waals surface area contributed by atoms with Crippen molar-refractivity contribution in [2.75, 3.05) is 20.6 Å². The van der Waals surface area contributed by atoms with Gasteiger partial charge in [0.15, 0.2) is 23.0 Å². The first-order valence-electron chi connectivity index (χ1n) is 15.6. The predicted molar refractivity (Wildman–Crippen MR) is 149 cm³/mol. The second kappa shape index (κ2) is 6.00. The Balaban J connectivity index is 1.11. The quantitative estimate of drug-likeness (QED) is 0.372. The van der Waals surface area contributed by atoms with Crippen LogP contribution in [0.25, 0.3) is 0 Å². The van der Waals surface area contributed by atoms with E-state index in [1.165, 1.54) is 44.8 Å². The molecule has 9 aliphatic rings. The molecule has 7 nitrogen and oxygen atoms in total. The van der Waals surface area contributed by atoms with Crippen LogP contribution >= 0.6 is 0 Å². The van der Waals surface area contributed by atoms with Crippen molar-refractivity contribution in [2.24, 2.45) is 11.8 Å².